The van der Waals surface area contributed by atoms with Gasteiger partial charge >= 0.3 is 0 Å². The van der Waals surface area contributed by atoms with Crippen molar-refractivity contribution in [3.05, 3.63) is 29.3 Å². The number of amides is 5. The van der Waals surface area contributed by atoms with Gasteiger partial charge in [0, 0.05) is 38.4 Å². The van der Waals surface area contributed by atoms with E-state index < -0.39 is 40.8 Å². The van der Waals surface area contributed by atoms with Crippen molar-refractivity contribution in [2.45, 2.75) is 31.7 Å². The molecule has 4 heterocycles. The number of nitrogens with one attached hydrogen (secondary N) is 1. The van der Waals surface area contributed by atoms with Crippen molar-refractivity contribution in [2.75, 3.05) is 56.5 Å². The van der Waals surface area contributed by atoms with Crippen LogP contribution >= 0.6 is 0 Å². The summed E-state index contributed by atoms with van der Waals surface area (Å²) in [6.45, 7) is 3.59. The van der Waals surface area contributed by atoms with Crippen LogP contribution in [0.1, 0.15) is 46.4 Å². The average molecular weight is 545 g/mol. The maximum Gasteiger partial charge on any atom is 0.264 e. The van der Waals surface area contributed by atoms with Gasteiger partial charge in [0.2, 0.25) is 17.7 Å². The van der Waals surface area contributed by atoms with Crippen LogP contribution < -0.4 is 10.2 Å². The molecule has 5 amide bonds. The number of carbonyl (C=O) groups is 5. The van der Waals surface area contributed by atoms with E-state index in [1.807, 2.05) is 4.90 Å². The molecule has 4 aliphatic heterocycles. The molecule has 0 radical (unpaired) electrons. The number of hydrogen-bond donors (Lipinski definition) is 1. The molecule has 1 N–H and O–H groups in total. The molecule has 0 aliphatic carbocycles. The van der Waals surface area contributed by atoms with E-state index in [2.05, 4.69) is 10.2 Å². The maximum absolute atomic E-state index is 13.4. The molecule has 3 fully saturated rings. The van der Waals surface area contributed by atoms with Crippen molar-refractivity contribution in [3.8, 4) is 0 Å². The van der Waals surface area contributed by atoms with Crippen molar-refractivity contribution in [2.24, 2.45) is 5.92 Å². The lowest BCUT2D eigenvalue weighted by atomic mass is 9.99. The number of likely N-dealkylation sites (tertiary alicyclic amines) is 1. The third-order valence-electron chi connectivity index (χ3n) is 7.86. The Balaban J connectivity index is 1.20. The minimum absolute atomic E-state index is 0.0177. The number of nitrogens with zero attached hydrogens (tertiary/aromatic N) is 4. The fourth-order valence-corrected chi connectivity index (χ4v) is 6.47. The zero-order valence-corrected chi connectivity index (χ0v) is 21.7. The van der Waals surface area contributed by atoms with Crippen LogP contribution in [0.4, 0.5) is 5.69 Å². The molecular formula is C25H30N5O7S-. The molecule has 0 aromatic heterocycles. The number of piperidine rings is 2. The third kappa shape index (κ3) is 5.22. The largest absolute Gasteiger partial charge is 0.772 e. The van der Waals surface area contributed by atoms with Crippen molar-refractivity contribution < 1.29 is 32.7 Å². The van der Waals surface area contributed by atoms with Crippen LogP contribution in [0.25, 0.3) is 0 Å². The second-order valence-corrected chi connectivity index (χ2v) is 11.1. The number of carbonyl (C=O) groups excluding carboxylic acids is 5. The Kier molecular flexibility index (Phi) is 7.59. The predicted octanol–water partition coefficient (Wildman–Crippen LogP) is -0.672. The number of benzene rings is 1. The fraction of sp³-hybridized carbons (Fsp3) is 0.560. The maximum atomic E-state index is 13.4. The van der Waals surface area contributed by atoms with Crippen LogP contribution in [0.5, 0.6) is 0 Å². The Morgan fingerprint density at radius 1 is 0.974 bits per heavy atom. The van der Waals surface area contributed by atoms with Crippen LogP contribution in [0.15, 0.2) is 18.2 Å². The summed E-state index contributed by atoms with van der Waals surface area (Å²) in [7, 11) is 0. The summed E-state index contributed by atoms with van der Waals surface area (Å²) in [4.78, 5) is 70.1. The van der Waals surface area contributed by atoms with E-state index in [0.29, 0.717) is 51.5 Å². The summed E-state index contributed by atoms with van der Waals surface area (Å²) in [6.07, 6.45) is 1.68. The summed E-state index contributed by atoms with van der Waals surface area (Å²) in [5.41, 5.74) is 1.09. The number of rotatable bonds is 6. The van der Waals surface area contributed by atoms with Crippen molar-refractivity contribution in [3.63, 3.8) is 0 Å². The molecule has 1 aromatic carbocycles. The van der Waals surface area contributed by atoms with Crippen LogP contribution in [-0.4, -0.2) is 111 Å². The molecular weight excluding hydrogens is 514 g/mol. The first-order chi connectivity index (χ1) is 18.2. The highest BCUT2D eigenvalue weighted by Crippen LogP contribution is 2.34. The summed E-state index contributed by atoms with van der Waals surface area (Å²) in [5.74, 6) is -1.81. The zero-order valence-electron chi connectivity index (χ0n) is 20.9. The Hall–Kier alpha value is -3.16. The first-order valence-electron chi connectivity index (χ1n) is 12.9. The number of imide groups is 2. The molecule has 38 heavy (non-hydrogen) atoms. The van der Waals surface area contributed by atoms with Gasteiger partial charge in [-0.2, -0.15) is 0 Å². The molecule has 0 bridgehead atoms. The third-order valence-corrected chi connectivity index (χ3v) is 8.60. The van der Waals surface area contributed by atoms with E-state index in [1.54, 1.807) is 23.1 Å². The molecule has 1 aromatic rings. The lowest BCUT2D eigenvalue weighted by molar-refractivity contribution is -0.136. The van der Waals surface area contributed by atoms with E-state index in [0.717, 1.165) is 17.7 Å². The Bertz CT molecular complexity index is 1190. The molecule has 0 saturated carbocycles. The summed E-state index contributed by atoms with van der Waals surface area (Å²) in [5, 5.41) is 2.21. The summed E-state index contributed by atoms with van der Waals surface area (Å²) < 4.78 is 21.9. The highest BCUT2D eigenvalue weighted by Gasteiger charge is 2.46. The zero-order chi connectivity index (χ0) is 27.0. The minimum atomic E-state index is -2.04. The lowest BCUT2D eigenvalue weighted by Crippen LogP contribution is -2.54. The molecule has 4 aliphatic rings. The van der Waals surface area contributed by atoms with Gasteiger partial charge in [-0.25, -0.2) is 0 Å². The quantitative estimate of drug-likeness (QED) is 0.363. The van der Waals surface area contributed by atoms with E-state index in [4.69, 9.17) is 0 Å². The van der Waals surface area contributed by atoms with Gasteiger partial charge in [0.25, 0.3) is 11.8 Å². The van der Waals surface area contributed by atoms with E-state index >= 15 is 0 Å². The Labute approximate surface area is 222 Å². The molecule has 2 atom stereocenters. The van der Waals surface area contributed by atoms with Crippen LogP contribution in [0.3, 0.4) is 0 Å². The topological polar surface area (TPSA) is 150 Å². The molecule has 204 valence electrons. The van der Waals surface area contributed by atoms with Crippen LogP contribution in [0, 0.1) is 5.92 Å². The second kappa shape index (κ2) is 10.9. The van der Waals surface area contributed by atoms with Crippen LogP contribution in [-0.2, 0) is 25.5 Å². The SMILES string of the molecule is O=C1CCC(N2C(=O)c3cccc(N4CCN(C(=O)CN5CCC(CS(=O)[O-])CC5)CC4)c3C2=O)C(=O)N1. The predicted molar refractivity (Wildman–Crippen MR) is 135 cm³/mol. The minimum Gasteiger partial charge on any atom is -0.772 e. The van der Waals surface area contributed by atoms with Crippen molar-refractivity contribution in [1.29, 1.82) is 0 Å². The smallest absolute Gasteiger partial charge is 0.264 e. The first-order valence-corrected chi connectivity index (χ1v) is 14.1. The van der Waals surface area contributed by atoms with Gasteiger partial charge in [-0.3, -0.25) is 43.3 Å². The normalized spacial score (nSPS) is 24.0. The van der Waals surface area contributed by atoms with Gasteiger partial charge in [0.05, 0.1) is 23.4 Å². The van der Waals surface area contributed by atoms with Gasteiger partial charge in [-0.1, -0.05) is 17.1 Å². The monoisotopic (exact) mass is 544 g/mol. The molecule has 5 rings (SSSR count). The van der Waals surface area contributed by atoms with Gasteiger partial charge < -0.3 is 14.4 Å². The molecule has 12 nitrogen and oxygen atoms in total. The molecule has 0 spiro atoms. The van der Waals surface area contributed by atoms with Crippen molar-refractivity contribution in [1.82, 2.24) is 20.0 Å². The molecule has 2 unspecified atom stereocenters. The molecule has 3 saturated heterocycles. The highest BCUT2D eigenvalue weighted by molar-refractivity contribution is 7.79. The first kappa shape index (κ1) is 26.4. The van der Waals surface area contributed by atoms with Crippen LogP contribution in [0.2, 0.25) is 0 Å². The van der Waals surface area contributed by atoms with E-state index in [-0.39, 0.29) is 41.5 Å². The summed E-state index contributed by atoms with van der Waals surface area (Å²) in [6, 6.07) is 4.03. The van der Waals surface area contributed by atoms with Gasteiger partial charge in [-0.15, -0.1) is 0 Å². The van der Waals surface area contributed by atoms with Gasteiger partial charge in [0.15, 0.2) is 0 Å². The Morgan fingerprint density at radius 2 is 1.68 bits per heavy atom. The van der Waals surface area contributed by atoms with E-state index in [1.165, 1.54) is 0 Å². The fourth-order valence-electron chi connectivity index (χ4n) is 5.75. The van der Waals surface area contributed by atoms with Gasteiger partial charge in [-0.05, 0) is 50.4 Å². The number of fused-ring (bicyclic) bond motifs is 1. The molecule has 13 heteroatoms. The average Bonchev–Trinajstić information content (AvgIpc) is 3.15. The number of piperazine rings is 1. The standard InChI is InChI=1S/C25H31N5O7S/c31-20-5-4-19(23(33)26-20)30-24(34)17-2-1-3-18(22(17)25(30)35)28-10-12-29(13-11-28)21(32)14-27-8-6-16(7-9-27)15-38(36)37/h1-3,16,19H,4-15H2,(H,36,37)(H,26,31,33)/p-1. The highest BCUT2D eigenvalue weighted by atomic mass is 32.2. The van der Waals surface area contributed by atoms with Crippen molar-refractivity contribution >= 4 is 46.3 Å². The van der Waals surface area contributed by atoms with E-state index in [9.17, 15) is 32.7 Å². The number of anilines is 1. The second-order valence-electron chi connectivity index (χ2n) is 10.2. The summed E-state index contributed by atoms with van der Waals surface area (Å²) >= 11 is -2.04. The lowest BCUT2D eigenvalue weighted by Gasteiger charge is -2.38. The Morgan fingerprint density at radius 3 is 2.34 bits per heavy atom. The number of hydrogen-bond acceptors (Lipinski definition) is 9. The van der Waals surface area contributed by atoms with Gasteiger partial charge in [0.1, 0.15) is 6.04 Å².